The number of hydrogen-bond donors (Lipinski definition) is 2. The van der Waals surface area contributed by atoms with Gasteiger partial charge in [0, 0.05) is 28.6 Å². The Kier molecular flexibility index (Phi) is 4.69. The van der Waals surface area contributed by atoms with Crippen molar-refractivity contribution >= 4 is 26.8 Å². The predicted molar refractivity (Wildman–Crippen MR) is 91.0 cm³/mol. The molecule has 0 aliphatic rings. The maximum atomic E-state index is 12.7. The summed E-state index contributed by atoms with van der Waals surface area (Å²) < 4.78 is 39.2. The molecule has 2 aromatic carbocycles. The second-order valence-corrected chi connectivity index (χ2v) is 6.45. The van der Waals surface area contributed by atoms with Gasteiger partial charge in [0.05, 0.1) is 11.1 Å². The monoisotopic (exact) mass is 397 g/mol. The summed E-state index contributed by atoms with van der Waals surface area (Å²) >= 11 is 3.48. The lowest BCUT2D eigenvalue weighted by atomic mass is 9.88. The number of halogens is 4. The summed E-state index contributed by atoms with van der Waals surface area (Å²) in [5.41, 5.74) is 1.97. The van der Waals surface area contributed by atoms with Gasteiger partial charge in [0.15, 0.2) is 0 Å². The molecular weight excluding hydrogens is 383 g/mol. The number of para-hydroxylation sites is 1. The quantitative estimate of drug-likeness (QED) is 0.601. The predicted octanol–water partition coefficient (Wildman–Crippen LogP) is 5.46. The Morgan fingerprint density at radius 1 is 1.08 bits per heavy atom. The largest absolute Gasteiger partial charge is 0.416 e. The molecule has 0 fully saturated rings. The number of hydrogen-bond acceptors (Lipinski definition) is 1. The summed E-state index contributed by atoms with van der Waals surface area (Å²) in [7, 11) is 0. The van der Waals surface area contributed by atoms with Gasteiger partial charge in [-0.15, -0.1) is 0 Å². The molecule has 1 unspecified atom stereocenters. The van der Waals surface area contributed by atoms with Crippen molar-refractivity contribution in [2.75, 3.05) is 6.61 Å². The van der Waals surface area contributed by atoms with Crippen LogP contribution in [0, 0.1) is 0 Å². The van der Waals surface area contributed by atoms with E-state index in [4.69, 9.17) is 0 Å². The van der Waals surface area contributed by atoms with Crippen LogP contribution < -0.4 is 0 Å². The maximum absolute atomic E-state index is 12.7. The van der Waals surface area contributed by atoms with E-state index in [0.29, 0.717) is 6.42 Å². The van der Waals surface area contributed by atoms with Crippen molar-refractivity contribution in [2.45, 2.75) is 18.5 Å². The Bertz CT molecular complexity index is 840. The van der Waals surface area contributed by atoms with Crippen LogP contribution in [-0.4, -0.2) is 16.7 Å². The molecule has 2 nitrogen and oxygen atoms in total. The first kappa shape index (κ1) is 17.0. The first-order valence-electron chi connectivity index (χ1n) is 7.45. The third kappa shape index (κ3) is 3.21. The highest BCUT2D eigenvalue weighted by molar-refractivity contribution is 9.10. The fourth-order valence-electron chi connectivity index (χ4n) is 2.96. The molecule has 3 aromatic rings. The van der Waals surface area contributed by atoms with Crippen molar-refractivity contribution < 1.29 is 18.3 Å². The van der Waals surface area contributed by atoms with E-state index in [1.54, 1.807) is 0 Å². The highest BCUT2D eigenvalue weighted by Gasteiger charge is 2.30. The van der Waals surface area contributed by atoms with E-state index in [9.17, 15) is 18.3 Å². The van der Waals surface area contributed by atoms with E-state index in [2.05, 4.69) is 20.9 Å². The third-order valence-electron chi connectivity index (χ3n) is 4.13. The van der Waals surface area contributed by atoms with Crippen LogP contribution in [0.4, 0.5) is 13.2 Å². The zero-order chi connectivity index (χ0) is 17.3. The van der Waals surface area contributed by atoms with Gasteiger partial charge >= 0.3 is 6.18 Å². The summed E-state index contributed by atoms with van der Waals surface area (Å²) in [5.74, 6) is -0.180. The Labute approximate surface area is 145 Å². The highest BCUT2D eigenvalue weighted by atomic mass is 79.9. The molecule has 126 valence electrons. The molecular formula is C18H15BrF3NO. The summed E-state index contributed by atoms with van der Waals surface area (Å²) in [5, 5.41) is 10.4. The van der Waals surface area contributed by atoms with E-state index in [-0.39, 0.29) is 12.5 Å². The molecule has 1 aromatic heterocycles. The van der Waals surface area contributed by atoms with Crippen molar-refractivity contribution in [3.05, 3.63) is 69.8 Å². The molecule has 24 heavy (non-hydrogen) atoms. The molecule has 0 aliphatic carbocycles. The zero-order valence-electron chi connectivity index (χ0n) is 12.6. The average molecular weight is 398 g/mol. The molecule has 2 N–H and O–H groups in total. The Balaban J connectivity index is 2.05. The summed E-state index contributed by atoms with van der Waals surface area (Å²) in [6.07, 6.45) is -2.06. The van der Waals surface area contributed by atoms with Crippen LogP contribution in [0.3, 0.4) is 0 Å². The van der Waals surface area contributed by atoms with Crippen LogP contribution in [0.15, 0.2) is 53.1 Å². The molecule has 3 rings (SSSR count). The first-order chi connectivity index (χ1) is 11.4. The summed E-state index contributed by atoms with van der Waals surface area (Å²) in [6, 6.07) is 10.9. The number of alkyl halides is 3. The topological polar surface area (TPSA) is 36.0 Å². The minimum atomic E-state index is -4.35. The van der Waals surface area contributed by atoms with Crippen LogP contribution in [0.25, 0.3) is 10.9 Å². The van der Waals surface area contributed by atoms with Crippen LogP contribution in [0.5, 0.6) is 0 Å². The smallest absolute Gasteiger partial charge is 0.396 e. The average Bonchev–Trinajstić information content (AvgIpc) is 2.97. The van der Waals surface area contributed by atoms with Gasteiger partial charge in [0.1, 0.15) is 0 Å². The number of benzene rings is 2. The van der Waals surface area contributed by atoms with Crippen LogP contribution in [0.1, 0.15) is 29.0 Å². The van der Waals surface area contributed by atoms with Crippen molar-refractivity contribution in [1.29, 1.82) is 0 Å². The van der Waals surface area contributed by atoms with Gasteiger partial charge in [-0.2, -0.15) is 13.2 Å². The molecule has 1 atom stereocenters. The van der Waals surface area contributed by atoms with Gasteiger partial charge in [-0.05, 0) is 51.7 Å². The van der Waals surface area contributed by atoms with Crippen molar-refractivity contribution in [1.82, 2.24) is 4.98 Å². The molecule has 0 bridgehead atoms. The van der Waals surface area contributed by atoms with Crippen LogP contribution >= 0.6 is 15.9 Å². The SMILES string of the molecule is OCCC(c1ccc(C(F)(F)F)cc1)c1c[nH]c2c(Br)cccc12. The zero-order valence-corrected chi connectivity index (χ0v) is 14.2. The van der Waals surface area contributed by atoms with E-state index in [1.807, 2.05) is 24.4 Å². The maximum Gasteiger partial charge on any atom is 0.416 e. The number of aliphatic hydroxyl groups excluding tert-OH is 1. The van der Waals surface area contributed by atoms with Gasteiger partial charge in [-0.3, -0.25) is 0 Å². The molecule has 0 radical (unpaired) electrons. The summed E-state index contributed by atoms with van der Waals surface area (Å²) in [4.78, 5) is 3.19. The van der Waals surface area contributed by atoms with Crippen molar-refractivity contribution in [2.24, 2.45) is 0 Å². The Hall–Kier alpha value is -1.79. The molecule has 0 aliphatic heterocycles. The number of aliphatic hydroxyl groups is 1. The molecule has 6 heteroatoms. The van der Waals surface area contributed by atoms with Crippen molar-refractivity contribution in [3.8, 4) is 0 Å². The fourth-order valence-corrected chi connectivity index (χ4v) is 3.44. The second-order valence-electron chi connectivity index (χ2n) is 5.59. The molecule has 0 spiro atoms. The lowest BCUT2D eigenvalue weighted by Crippen LogP contribution is -2.07. The Morgan fingerprint density at radius 2 is 1.79 bits per heavy atom. The van der Waals surface area contributed by atoms with E-state index < -0.39 is 11.7 Å². The van der Waals surface area contributed by atoms with Crippen LogP contribution in [-0.2, 0) is 6.18 Å². The van der Waals surface area contributed by atoms with Gasteiger partial charge in [0.25, 0.3) is 0 Å². The Morgan fingerprint density at radius 3 is 2.42 bits per heavy atom. The van der Waals surface area contributed by atoms with E-state index in [1.165, 1.54) is 12.1 Å². The minimum absolute atomic E-state index is 0.0492. The van der Waals surface area contributed by atoms with Gasteiger partial charge in [0.2, 0.25) is 0 Å². The van der Waals surface area contributed by atoms with Crippen LogP contribution in [0.2, 0.25) is 0 Å². The number of fused-ring (bicyclic) bond motifs is 1. The minimum Gasteiger partial charge on any atom is -0.396 e. The first-order valence-corrected chi connectivity index (χ1v) is 8.24. The van der Waals surface area contributed by atoms with Gasteiger partial charge < -0.3 is 10.1 Å². The second kappa shape index (κ2) is 6.61. The standard InChI is InChI=1S/C18H15BrF3NO/c19-16-3-1-2-14-15(10-23-17(14)16)13(8-9-24)11-4-6-12(7-5-11)18(20,21)22/h1-7,10,13,23-24H,8-9H2. The lowest BCUT2D eigenvalue weighted by Gasteiger charge is -2.17. The molecule has 0 amide bonds. The fraction of sp³-hybridized carbons (Fsp3) is 0.222. The molecule has 1 heterocycles. The summed E-state index contributed by atoms with van der Waals surface area (Å²) in [6.45, 7) is -0.0492. The molecule has 0 saturated carbocycles. The van der Waals surface area contributed by atoms with E-state index >= 15 is 0 Å². The van der Waals surface area contributed by atoms with Gasteiger partial charge in [-0.1, -0.05) is 24.3 Å². The van der Waals surface area contributed by atoms with E-state index in [0.717, 1.165) is 38.6 Å². The normalized spacial score (nSPS) is 13.4. The third-order valence-corrected chi connectivity index (χ3v) is 4.79. The van der Waals surface area contributed by atoms with Crippen molar-refractivity contribution in [3.63, 3.8) is 0 Å². The number of aromatic amines is 1. The highest BCUT2D eigenvalue weighted by Crippen LogP contribution is 2.37. The lowest BCUT2D eigenvalue weighted by molar-refractivity contribution is -0.137. The number of nitrogens with one attached hydrogen (secondary N) is 1. The van der Waals surface area contributed by atoms with Gasteiger partial charge in [-0.25, -0.2) is 0 Å². The number of aromatic nitrogens is 1. The number of H-pyrrole nitrogens is 1. The number of rotatable bonds is 4. The molecule has 0 saturated heterocycles.